The molecule has 0 unspecified atom stereocenters. The number of amides is 1. The number of nitrogens with zero attached hydrogens (tertiary/aromatic N) is 3. The number of nitrogens with one attached hydrogen (secondary N) is 1. The number of hydrogen-bond donors (Lipinski definition) is 1. The molecular formula is C20H22N4O4S2. The number of piperazine rings is 1. The van der Waals surface area contributed by atoms with Crippen molar-refractivity contribution in [2.45, 2.75) is 11.3 Å². The zero-order valence-corrected chi connectivity index (χ0v) is 18.1. The molecule has 8 nitrogen and oxygen atoms in total. The zero-order chi connectivity index (χ0) is 21.1. The first kappa shape index (κ1) is 20.7. The minimum Gasteiger partial charge on any atom is -0.462 e. The number of carbonyl (C=O) groups excluding carboxylic acids is 1. The van der Waals surface area contributed by atoms with Crippen LogP contribution in [0.15, 0.2) is 57.4 Å². The molecule has 1 aliphatic rings. The summed E-state index contributed by atoms with van der Waals surface area (Å²) in [4.78, 5) is 19.1. The van der Waals surface area contributed by atoms with Gasteiger partial charge < -0.3 is 14.6 Å². The van der Waals surface area contributed by atoms with Crippen molar-refractivity contribution < 1.29 is 17.6 Å². The molecule has 1 aliphatic heterocycles. The summed E-state index contributed by atoms with van der Waals surface area (Å²) in [7, 11) is -1.62. The van der Waals surface area contributed by atoms with Crippen LogP contribution in [0.2, 0.25) is 0 Å². The number of benzene rings is 1. The van der Waals surface area contributed by atoms with Gasteiger partial charge in [-0.3, -0.25) is 4.79 Å². The van der Waals surface area contributed by atoms with Crippen LogP contribution in [-0.4, -0.2) is 61.7 Å². The van der Waals surface area contributed by atoms with Crippen LogP contribution in [0.3, 0.4) is 0 Å². The molecule has 4 rings (SSSR count). The van der Waals surface area contributed by atoms with Gasteiger partial charge in [-0.2, -0.15) is 4.31 Å². The fourth-order valence-corrected chi connectivity index (χ4v) is 5.44. The summed E-state index contributed by atoms with van der Waals surface area (Å²) in [5.41, 5.74) is 1.07. The lowest BCUT2D eigenvalue weighted by molar-refractivity contribution is -0.115. The molecule has 3 heterocycles. The van der Waals surface area contributed by atoms with Crippen molar-refractivity contribution in [1.82, 2.24) is 14.2 Å². The Labute approximate surface area is 179 Å². The number of aromatic nitrogens is 1. The molecule has 0 atom stereocenters. The third kappa shape index (κ3) is 4.62. The molecule has 10 heteroatoms. The van der Waals surface area contributed by atoms with Crippen molar-refractivity contribution in [3.05, 3.63) is 53.7 Å². The van der Waals surface area contributed by atoms with Gasteiger partial charge in [-0.15, -0.1) is 11.3 Å². The molecule has 1 fully saturated rings. The summed E-state index contributed by atoms with van der Waals surface area (Å²) in [5.74, 6) is 0.397. The number of carbonyl (C=O) groups is 1. The Bertz CT molecular complexity index is 1120. The molecule has 0 spiro atoms. The monoisotopic (exact) mass is 446 g/mol. The number of furan rings is 1. The van der Waals surface area contributed by atoms with Crippen LogP contribution >= 0.6 is 11.3 Å². The van der Waals surface area contributed by atoms with Gasteiger partial charge in [-0.25, -0.2) is 13.4 Å². The highest BCUT2D eigenvalue weighted by atomic mass is 32.2. The van der Waals surface area contributed by atoms with E-state index in [9.17, 15) is 13.2 Å². The molecule has 2 aromatic heterocycles. The van der Waals surface area contributed by atoms with Crippen molar-refractivity contribution in [2.75, 3.05) is 38.5 Å². The number of thiazole rings is 1. The maximum absolute atomic E-state index is 12.9. The average Bonchev–Trinajstić information content (AvgIpc) is 3.40. The summed E-state index contributed by atoms with van der Waals surface area (Å²) < 4.78 is 32.6. The number of rotatable bonds is 6. The van der Waals surface area contributed by atoms with Gasteiger partial charge in [0.2, 0.25) is 15.9 Å². The predicted octanol–water partition coefficient (Wildman–Crippen LogP) is 2.52. The highest BCUT2D eigenvalue weighted by Crippen LogP contribution is 2.25. The maximum Gasteiger partial charge on any atom is 0.243 e. The van der Waals surface area contributed by atoms with E-state index in [0.29, 0.717) is 48.3 Å². The first-order chi connectivity index (χ1) is 14.4. The minimum absolute atomic E-state index is 0.0899. The fourth-order valence-electron chi connectivity index (χ4n) is 3.18. The van der Waals surface area contributed by atoms with Crippen molar-refractivity contribution in [2.24, 2.45) is 0 Å². The van der Waals surface area contributed by atoms with Crippen molar-refractivity contribution in [3.8, 4) is 10.8 Å². The standard InChI is InChI=1S/C20H22N4O4S2/c1-23-7-9-24(10-8-23)30(26,27)17-5-2-4-15(12-17)21-19(25)13-16-14-29-20(22-16)18-6-3-11-28-18/h2-6,11-12,14H,7-10,13H2,1H3,(H,21,25). The smallest absolute Gasteiger partial charge is 0.243 e. The van der Waals surface area contributed by atoms with Gasteiger partial charge in [0.1, 0.15) is 0 Å². The number of sulfonamides is 1. The summed E-state index contributed by atoms with van der Waals surface area (Å²) in [6.07, 6.45) is 1.67. The van der Waals surface area contributed by atoms with Gasteiger partial charge in [0.05, 0.1) is 23.3 Å². The van der Waals surface area contributed by atoms with Crippen LogP contribution in [0, 0.1) is 0 Å². The Morgan fingerprint density at radius 2 is 2.00 bits per heavy atom. The third-order valence-electron chi connectivity index (χ3n) is 4.84. The lowest BCUT2D eigenvalue weighted by atomic mass is 10.3. The van der Waals surface area contributed by atoms with Gasteiger partial charge in [0, 0.05) is 37.2 Å². The summed E-state index contributed by atoms with van der Waals surface area (Å²) in [5, 5.41) is 5.29. The SMILES string of the molecule is CN1CCN(S(=O)(=O)c2cccc(NC(=O)Cc3csc(-c4ccco4)n3)c2)CC1. The first-order valence-electron chi connectivity index (χ1n) is 9.49. The molecule has 1 amide bonds. The number of anilines is 1. The van der Waals surface area contributed by atoms with Gasteiger partial charge in [-0.05, 0) is 37.4 Å². The van der Waals surface area contributed by atoms with Crippen LogP contribution in [0.25, 0.3) is 10.8 Å². The van der Waals surface area contributed by atoms with Gasteiger partial charge >= 0.3 is 0 Å². The van der Waals surface area contributed by atoms with E-state index >= 15 is 0 Å². The summed E-state index contributed by atoms with van der Waals surface area (Å²) in [6, 6.07) is 9.97. The van der Waals surface area contributed by atoms with Crippen molar-refractivity contribution in [1.29, 1.82) is 0 Å². The van der Waals surface area contributed by atoms with E-state index in [4.69, 9.17) is 4.42 Å². The Kier molecular flexibility index (Phi) is 6.00. The van der Waals surface area contributed by atoms with Crippen molar-refractivity contribution in [3.63, 3.8) is 0 Å². The molecule has 0 saturated carbocycles. The molecule has 3 aromatic rings. The molecule has 0 aliphatic carbocycles. The van der Waals surface area contributed by atoms with Crippen LogP contribution in [0.1, 0.15) is 5.69 Å². The van der Waals surface area contributed by atoms with E-state index in [1.54, 1.807) is 30.5 Å². The molecule has 158 valence electrons. The van der Waals surface area contributed by atoms with E-state index in [-0.39, 0.29) is 17.2 Å². The fraction of sp³-hybridized carbons (Fsp3) is 0.300. The number of likely N-dealkylation sites (N-methyl/N-ethyl adjacent to an activating group) is 1. The molecule has 0 radical (unpaired) electrons. The van der Waals surface area contributed by atoms with E-state index in [2.05, 4.69) is 15.2 Å². The highest BCUT2D eigenvalue weighted by molar-refractivity contribution is 7.89. The van der Waals surface area contributed by atoms with Gasteiger partial charge in [-0.1, -0.05) is 6.07 Å². The Morgan fingerprint density at radius 3 is 2.73 bits per heavy atom. The lowest BCUT2D eigenvalue weighted by Crippen LogP contribution is -2.47. The van der Waals surface area contributed by atoms with E-state index < -0.39 is 10.0 Å². The largest absolute Gasteiger partial charge is 0.462 e. The Balaban J connectivity index is 1.42. The van der Waals surface area contributed by atoms with Crippen molar-refractivity contribution >= 4 is 33.0 Å². The van der Waals surface area contributed by atoms with Gasteiger partial charge in [0.25, 0.3) is 0 Å². The number of hydrogen-bond acceptors (Lipinski definition) is 7. The zero-order valence-electron chi connectivity index (χ0n) is 16.4. The second-order valence-corrected chi connectivity index (χ2v) is 9.88. The molecule has 1 saturated heterocycles. The summed E-state index contributed by atoms with van der Waals surface area (Å²) >= 11 is 1.40. The molecule has 0 bridgehead atoms. The molecule has 30 heavy (non-hydrogen) atoms. The Hall–Kier alpha value is -2.53. The van der Waals surface area contributed by atoms with Gasteiger partial charge in [0.15, 0.2) is 10.8 Å². The molecule has 1 N–H and O–H groups in total. The maximum atomic E-state index is 12.9. The van der Waals surface area contributed by atoms with E-state index in [1.165, 1.54) is 21.7 Å². The molecule has 1 aromatic carbocycles. The molecular weight excluding hydrogens is 424 g/mol. The normalized spacial score (nSPS) is 15.9. The predicted molar refractivity (Wildman–Crippen MR) is 115 cm³/mol. The average molecular weight is 447 g/mol. The van der Waals surface area contributed by atoms with Crippen LogP contribution in [0.5, 0.6) is 0 Å². The van der Waals surface area contributed by atoms with E-state index in [1.807, 2.05) is 18.5 Å². The third-order valence-corrected chi connectivity index (χ3v) is 7.64. The second kappa shape index (κ2) is 8.68. The topological polar surface area (TPSA) is 95.8 Å². The van der Waals surface area contributed by atoms with E-state index in [0.717, 1.165) is 0 Å². The van der Waals surface area contributed by atoms with Crippen LogP contribution in [-0.2, 0) is 21.2 Å². The Morgan fingerprint density at radius 1 is 1.20 bits per heavy atom. The summed E-state index contributed by atoms with van der Waals surface area (Å²) in [6.45, 7) is 2.31. The lowest BCUT2D eigenvalue weighted by Gasteiger charge is -2.31. The second-order valence-electron chi connectivity index (χ2n) is 7.08. The highest BCUT2D eigenvalue weighted by Gasteiger charge is 2.27. The van der Waals surface area contributed by atoms with Crippen LogP contribution < -0.4 is 5.32 Å². The first-order valence-corrected chi connectivity index (χ1v) is 11.8. The van der Waals surface area contributed by atoms with Crippen LogP contribution in [0.4, 0.5) is 5.69 Å². The minimum atomic E-state index is -3.59. The quantitative estimate of drug-likeness (QED) is 0.625.